The van der Waals surface area contributed by atoms with E-state index in [9.17, 15) is 9.59 Å². The number of nitrogens with one attached hydrogen (secondary N) is 2. The molecule has 0 spiro atoms. The van der Waals surface area contributed by atoms with Gasteiger partial charge in [0.2, 0.25) is 0 Å². The number of para-hydroxylation sites is 1. The molecule has 0 aromatic heterocycles. The highest BCUT2D eigenvalue weighted by atomic mass is 35.5. The van der Waals surface area contributed by atoms with Gasteiger partial charge >= 0.3 is 12.0 Å². The molecule has 1 unspecified atom stereocenters. The Bertz CT molecular complexity index is 451. The lowest BCUT2D eigenvalue weighted by atomic mass is 10.0. The Morgan fingerprint density at radius 2 is 2.05 bits per heavy atom. The summed E-state index contributed by atoms with van der Waals surface area (Å²) in [6, 6.07) is 6.37. The first kappa shape index (κ1) is 15.3. The predicted molar refractivity (Wildman–Crippen MR) is 74.5 cm³/mol. The van der Waals surface area contributed by atoms with Crippen LogP contribution >= 0.6 is 11.6 Å². The van der Waals surface area contributed by atoms with Crippen molar-refractivity contribution in [2.75, 3.05) is 11.9 Å². The molecule has 0 fully saturated rings. The molecule has 5 nitrogen and oxygen atoms in total. The molecule has 1 rings (SSSR count). The van der Waals surface area contributed by atoms with Gasteiger partial charge in [-0.3, -0.25) is 4.79 Å². The maximum Gasteiger partial charge on any atom is 0.319 e. The molecule has 0 bridgehead atoms. The van der Waals surface area contributed by atoms with E-state index in [1.165, 1.54) is 0 Å². The Kier molecular flexibility index (Phi) is 6.15. The molecule has 2 amide bonds. The van der Waals surface area contributed by atoms with Crippen molar-refractivity contribution in [2.45, 2.75) is 19.8 Å². The molecule has 0 saturated heterocycles. The zero-order valence-corrected chi connectivity index (χ0v) is 11.4. The molecule has 0 radical (unpaired) electrons. The van der Waals surface area contributed by atoms with Crippen LogP contribution in [0.3, 0.4) is 0 Å². The number of rotatable bonds is 6. The lowest BCUT2D eigenvalue weighted by molar-refractivity contribution is -0.141. The van der Waals surface area contributed by atoms with E-state index in [1.54, 1.807) is 24.3 Å². The third kappa shape index (κ3) is 5.18. The first-order valence-corrected chi connectivity index (χ1v) is 6.44. The number of carbonyl (C=O) groups is 2. The lowest BCUT2D eigenvalue weighted by Gasteiger charge is -2.13. The standard InChI is InChI=1S/C13H17ClN2O3/c1-2-5-9(12(17)18)8-15-13(19)16-11-7-4-3-6-10(11)14/h3-4,6-7,9H,2,5,8H2,1H3,(H,17,18)(H2,15,16,19). The van der Waals surface area contributed by atoms with Gasteiger partial charge in [0.25, 0.3) is 0 Å². The predicted octanol–water partition coefficient (Wildman–Crippen LogP) is 2.96. The average molecular weight is 285 g/mol. The van der Waals surface area contributed by atoms with Crippen molar-refractivity contribution in [3.63, 3.8) is 0 Å². The third-order valence-electron chi connectivity index (χ3n) is 2.62. The third-order valence-corrected chi connectivity index (χ3v) is 2.95. The van der Waals surface area contributed by atoms with Gasteiger partial charge < -0.3 is 15.7 Å². The SMILES string of the molecule is CCCC(CNC(=O)Nc1ccccc1Cl)C(=O)O. The van der Waals surface area contributed by atoms with Crippen LogP contribution in [0.1, 0.15) is 19.8 Å². The van der Waals surface area contributed by atoms with Gasteiger partial charge in [0, 0.05) is 6.54 Å². The summed E-state index contributed by atoms with van der Waals surface area (Å²) in [7, 11) is 0. The molecule has 0 aliphatic carbocycles. The molecule has 1 atom stereocenters. The molecule has 0 saturated carbocycles. The fourth-order valence-electron chi connectivity index (χ4n) is 1.61. The molecule has 19 heavy (non-hydrogen) atoms. The van der Waals surface area contributed by atoms with E-state index in [0.29, 0.717) is 17.1 Å². The second-order valence-corrected chi connectivity index (χ2v) is 4.55. The Morgan fingerprint density at radius 3 is 2.63 bits per heavy atom. The zero-order valence-electron chi connectivity index (χ0n) is 10.6. The maximum atomic E-state index is 11.6. The first-order chi connectivity index (χ1) is 9.04. The summed E-state index contributed by atoms with van der Waals surface area (Å²) in [4.78, 5) is 22.5. The minimum absolute atomic E-state index is 0.0967. The number of aliphatic carboxylic acids is 1. The Hall–Kier alpha value is -1.75. The van der Waals surface area contributed by atoms with Crippen LogP contribution in [0.25, 0.3) is 0 Å². The van der Waals surface area contributed by atoms with Crippen LogP contribution in [0.4, 0.5) is 10.5 Å². The number of carboxylic acids is 1. The summed E-state index contributed by atoms with van der Waals surface area (Å²) in [6.45, 7) is 2.00. The topological polar surface area (TPSA) is 78.4 Å². The smallest absolute Gasteiger partial charge is 0.319 e. The molecule has 0 heterocycles. The number of benzene rings is 1. The van der Waals surface area contributed by atoms with Crippen molar-refractivity contribution < 1.29 is 14.7 Å². The molecule has 0 aliphatic heterocycles. The summed E-state index contributed by atoms with van der Waals surface area (Å²) < 4.78 is 0. The Balaban J connectivity index is 2.47. The largest absolute Gasteiger partial charge is 0.481 e. The number of halogens is 1. The number of carboxylic acid groups (broad SMARTS) is 1. The molecule has 104 valence electrons. The van der Waals surface area contributed by atoms with Gasteiger partial charge in [-0.15, -0.1) is 0 Å². The molecular formula is C13H17ClN2O3. The van der Waals surface area contributed by atoms with E-state index in [4.69, 9.17) is 16.7 Å². The number of hydrogen-bond donors (Lipinski definition) is 3. The maximum absolute atomic E-state index is 11.6. The molecule has 3 N–H and O–H groups in total. The van der Waals surface area contributed by atoms with Crippen molar-refractivity contribution in [1.29, 1.82) is 0 Å². The second kappa shape index (κ2) is 7.63. The fourth-order valence-corrected chi connectivity index (χ4v) is 1.79. The van der Waals surface area contributed by atoms with Crippen LogP contribution in [0.15, 0.2) is 24.3 Å². The van der Waals surface area contributed by atoms with Crippen LogP contribution in [0.2, 0.25) is 5.02 Å². The van der Waals surface area contributed by atoms with Crippen molar-refractivity contribution in [3.8, 4) is 0 Å². The number of amides is 2. The van der Waals surface area contributed by atoms with Gasteiger partial charge in [0.05, 0.1) is 16.6 Å². The number of urea groups is 1. The summed E-state index contributed by atoms with van der Waals surface area (Å²) in [6.07, 6.45) is 1.28. The minimum atomic E-state index is -0.903. The normalized spacial score (nSPS) is 11.7. The number of anilines is 1. The van der Waals surface area contributed by atoms with Crippen LogP contribution in [-0.4, -0.2) is 23.7 Å². The van der Waals surface area contributed by atoms with E-state index in [1.807, 2.05) is 6.92 Å². The monoisotopic (exact) mass is 284 g/mol. The van der Waals surface area contributed by atoms with E-state index >= 15 is 0 Å². The number of carbonyl (C=O) groups excluding carboxylic acids is 1. The highest BCUT2D eigenvalue weighted by Gasteiger charge is 2.17. The van der Waals surface area contributed by atoms with Gasteiger partial charge in [-0.2, -0.15) is 0 Å². The molecule has 1 aromatic carbocycles. The second-order valence-electron chi connectivity index (χ2n) is 4.14. The quantitative estimate of drug-likeness (QED) is 0.751. The van der Waals surface area contributed by atoms with E-state index in [2.05, 4.69) is 10.6 Å². The van der Waals surface area contributed by atoms with Gasteiger partial charge in [-0.25, -0.2) is 4.79 Å². The van der Waals surface area contributed by atoms with Gasteiger partial charge in [-0.05, 0) is 18.6 Å². The van der Waals surface area contributed by atoms with Crippen LogP contribution in [0, 0.1) is 5.92 Å². The first-order valence-electron chi connectivity index (χ1n) is 6.06. The molecule has 1 aromatic rings. The van der Waals surface area contributed by atoms with E-state index in [0.717, 1.165) is 6.42 Å². The number of hydrogen-bond acceptors (Lipinski definition) is 2. The van der Waals surface area contributed by atoms with Crippen molar-refractivity contribution in [1.82, 2.24) is 5.32 Å². The summed E-state index contributed by atoms with van der Waals surface area (Å²) in [5.41, 5.74) is 0.490. The van der Waals surface area contributed by atoms with Crippen LogP contribution in [-0.2, 0) is 4.79 Å². The average Bonchev–Trinajstić information content (AvgIpc) is 2.37. The highest BCUT2D eigenvalue weighted by Crippen LogP contribution is 2.20. The van der Waals surface area contributed by atoms with Crippen LogP contribution in [0.5, 0.6) is 0 Å². The molecule has 6 heteroatoms. The minimum Gasteiger partial charge on any atom is -0.481 e. The fraction of sp³-hybridized carbons (Fsp3) is 0.385. The highest BCUT2D eigenvalue weighted by molar-refractivity contribution is 6.33. The molecular weight excluding hydrogens is 268 g/mol. The van der Waals surface area contributed by atoms with E-state index in [-0.39, 0.29) is 6.54 Å². The van der Waals surface area contributed by atoms with E-state index < -0.39 is 17.9 Å². The van der Waals surface area contributed by atoms with Crippen molar-refractivity contribution >= 4 is 29.3 Å². The Labute approximate surface area is 117 Å². The zero-order chi connectivity index (χ0) is 14.3. The van der Waals surface area contributed by atoms with Gasteiger partial charge in [0.1, 0.15) is 0 Å². The summed E-state index contributed by atoms with van der Waals surface area (Å²) in [5.74, 6) is -1.47. The lowest BCUT2D eigenvalue weighted by Crippen LogP contribution is -2.35. The summed E-state index contributed by atoms with van der Waals surface area (Å²) in [5, 5.41) is 14.5. The van der Waals surface area contributed by atoms with Gasteiger partial charge in [-0.1, -0.05) is 37.1 Å². The molecule has 0 aliphatic rings. The van der Waals surface area contributed by atoms with Crippen LogP contribution < -0.4 is 10.6 Å². The summed E-state index contributed by atoms with van der Waals surface area (Å²) >= 11 is 5.89. The Morgan fingerprint density at radius 1 is 1.37 bits per heavy atom. The van der Waals surface area contributed by atoms with Gasteiger partial charge in [0.15, 0.2) is 0 Å². The van der Waals surface area contributed by atoms with Crippen molar-refractivity contribution in [2.24, 2.45) is 5.92 Å². The van der Waals surface area contributed by atoms with Crippen molar-refractivity contribution in [3.05, 3.63) is 29.3 Å².